The maximum Gasteiger partial charge on any atom is 0.313 e. The summed E-state index contributed by atoms with van der Waals surface area (Å²) in [6.07, 6.45) is -0.241. The molecule has 0 atom stereocenters. The lowest BCUT2D eigenvalue weighted by Gasteiger charge is -2.06. The van der Waals surface area contributed by atoms with Crippen LogP contribution >= 0.6 is 11.3 Å². The number of hydrogen-bond donors (Lipinski definition) is 0. The molecule has 0 unspecified atom stereocenters. The molecule has 0 aliphatic heterocycles. The van der Waals surface area contributed by atoms with Gasteiger partial charge in [0.1, 0.15) is 6.42 Å². The van der Waals surface area contributed by atoms with Gasteiger partial charge in [0.25, 0.3) is 0 Å². The van der Waals surface area contributed by atoms with Crippen molar-refractivity contribution in [1.29, 1.82) is 0 Å². The maximum atomic E-state index is 12.1. The molecule has 1 heterocycles. The molecule has 2 rings (SSSR count). The van der Waals surface area contributed by atoms with Gasteiger partial charge in [-0.2, -0.15) is 0 Å². The van der Waals surface area contributed by atoms with Crippen molar-refractivity contribution in [3.05, 3.63) is 23.1 Å². The average molecular weight is 308 g/mol. The van der Waals surface area contributed by atoms with Gasteiger partial charge in [-0.1, -0.05) is 0 Å². The Labute approximate surface area is 126 Å². The first-order valence-corrected chi connectivity index (χ1v) is 7.25. The van der Waals surface area contributed by atoms with E-state index in [4.69, 9.17) is 14.2 Å². The Morgan fingerprint density at radius 1 is 1.10 bits per heavy atom. The molecule has 5 nitrogen and oxygen atoms in total. The molecule has 0 aliphatic carbocycles. The third-order valence-corrected chi connectivity index (χ3v) is 4.05. The standard InChI is InChI=1S/C15H16O5S/c1-4-20-15(17)7-10(16)14-6-9-5-11(18-2)12(19-3)8-13(9)21-14/h5-6,8H,4,7H2,1-3H3. The van der Waals surface area contributed by atoms with E-state index >= 15 is 0 Å². The van der Waals surface area contributed by atoms with E-state index in [0.717, 1.165) is 10.1 Å². The van der Waals surface area contributed by atoms with Crippen molar-refractivity contribution >= 4 is 33.2 Å². The minimum atomic E-state index is -0.505. The van der Waals surface area contributed by atoms with Crippen LogP contribution in [0.2, 0.25) is 0 Å². The Bertz CT molecular complexity index is 633. The molecule has 0 spiro atoms. The monoisotopic (exact) mass is 308 g/mol. The molecule has 0 aliphatic rings. The van der Waals surface area contributed by atoms with Crippen molar-refractivity contribution in [3.8, 4) is 11.5 Å². The summed E-state index contributed by atoms with van der Waals surface area (Å²) >= 11 is 1.32. The number of methoxy groups -OCH3 is 2. The second kappa shape index (κ2) is 6.58. The number of benzene rings is 1. The Morgan fingerprint density at radius 3 is 2.38 bits per heavy atom. The summed E-state index contributed by atoms with van der Waals surface area (Å²) in [6, 6.07) is 5.38. The Morgan fingerprint density at radius 2 is 1.76 bits per heavy atom. The smallest absolute Gasteiger partial charge is 0.313 e. The van der Waals surface area contributed by atoms with Crippen LogP contribution in [0.3, 0.4) is 0 Å². The van der Waals surface area contributed by atoms with Crippen LogP contribution in [0, 0.1) is 0 Å². The Balaban J connectivity index is 2.30. The highest BCUT2D eigenvalue weighted by molar-refractivity contribution is 7.20. The SMILES string of the molecule is CCOC(=O)CC(=O)c1cc2cc(OC)c(OC)cc2s1. The maximum absolute atomic E-state index is 12.1. The quantitative estimate of drug-likeness (QED) is 0.466. The molecular weight excluding hydrogens is 292 g/mol. The molecule has 1 aromatic heterocycles. The number of carbonyl (C=O) groups excluding carboxylic acids is 2. The molecule has 0 saturated heterocycles. The van der Waals surface area contributed by atoms with Crippen molar-refractivity contribution < 1.29 is 23.8 Å². The lowest BCUT2D eigenvalue weighted by atomic mass is 10.2. The van der Waals surface area contributed by atoms with Crippen molar-refractivity contribution in [3.63, 3.8) is 0 Å². The van der Waals surface area contributed by atoms with Crippen molar-refractivity contribution in [2.75, 3.05) is 20.8 Å². The summed E-state index contributed by atoms with van der Waals surface area (Å²) in [5.74, 6) is 0.464. The number of esters is 1. The summed E-state index contributed by atoms with van der Waals surface area (Å²) in [5, 5.41) is 0.879. The Kier molecular flexibility index (Phi) is 4.80. The molecule has 2 aromatic rings. The lowest BCUT2D eigenvalue weighted by Crippen LogP contribution is -2.10. The van der Waals surface area contributed by atoms with Crippen LogP contribution in [-0.2, 0) is 9.53 Å². The minimum Gasteiger partial charge on any atom is -0.493 e. The second-order valence-corrected chi connectivity index (χ2v) is 5.34. The van der Waals surface area contributed by atoms with Gasteiger partial charge in [0.2, 0.25) is 0 Å². The van der Waals surface area contributed by atoms with E-state index < -0.39 is 5.97 Å². The number of carbonyl (C=O) groups is 2. The zero-order valence-electron chi connectivity index (χ0n) is 12.1. The fourth-order valence-corrected chi connectivity index (χ4v) is 2.94. The highest BCUT2D eigenvalue weighted by atomic mass is 32.1. The molecule has 0 bridgehead atoms. The summed E-state index contributed by atoms with van der Waals surface area (Å²) in [5.41, 5.74) is 0. The van der Waals surface area contributed by atoms with Gasteiger partial charge in [0.15, 0.2) is 17.3 Å². The van der Waals surface area contributed by atoms with E-state index in [1.54, 1.807) is 27.2 Å². The molecule has 1 aromatic carbocycles. The first-order valence-electron chi connectivity index (χ1n) is 6.43. The van der Waals surface area contributed by atoms with Gasteiger partial charge in [-0.3, -0.25) is 9.59 Å². The van der Waals surface area contributed by atoms with Crippen LogP contribution in [0.25, 0.3) is 10.1 Å². The number of fused-ring (bicyclic) bond motifs is 1. The summed E-state index contributed by atoms with van der Waals surface area (Å²) in [4.78, 5) is 23.9. The van der Waals surface area contributed by atoms with E-state index in [-0.39, 0.29) is 18.8 Å². The van der Waals surface area contributed by atoms with E-state index in [1.807, 2.05) is 12.1 Å². The number of ether oxygens (including phenoxy) is 3. The lowest BCUT2D eigenvalue weighted by molar-refractivity contribution is -0.141. The molecule has 21 heavy (non-hydrogen) atoms. The molecule has 0 saturated carbocycles. The van der Waals surface area contributed by atoms with Crippen LogP contribution in [0.5, 0.6) is 11.5 Å². The molecule has 0 amide bonds. The number of rotatable bonds is 6. The molecule has 6 heteroatoms. The van der Waals surface area contributed by atoms with Gasteiger partial charge in [-0.25, -0.2) is 0 Å². The molecule has 112 valence electrons. The number of Topliss-reactive ketones (excluding diaryl/α,β-unsaturated/α-hetero) is 1. The summed E-state index contributed by atoms with van der Waals surface area (Å²) in [6.45, 7) is 1.98. The predicted octanol–water partition coefficient (Wildman–Crippen LogP) is 3.05. The predicted molar refractivity (Wildman–Crippen MR) is 80.5 cm³/mol. The molecule has 0 radical (unpaired) electrons. The zero-order valence-corrected chi connectivity index (χ0v) is 12.9. The zero-order chi connectivity index (χ0) is 15.4. The molecule has 0 N–H and O–H groups in total. The van der Waals surface area contributed by atoms with Gasteiger partial charge >= 0.3 is 5.97 Å². The highest BCUT2D eigenvalue weighted by Crippen LogP contribution is 2.36. The molecular formula is C15H16O5S. The Hall–Kier alpha value is -2.08. The van der Waals surface area contributed by atoms with Crippen molar-refractivity contribution in [1.82, 2.24) is 0 Å². The first kappa shape index (κ1) is 15.3. The van der Waals surface area contributed by atoms with Gasteiger partial charge in [0, 0.05) is 10.8 Å². The van der Waals surface area contributed by atoms with E-state index in [2.05, 4.69) is 0 Å². The number of ketones is 1. The van der Waals surface area contributed by atoms with Gasteiger partial charge < -0.3 is 14.2 Å². The van der Waals surface area contributed by atoms with Crippen LogP contribution in [0.15, 0.2) is 18.2 Å². The average Bonchev–Trinajstić information content (AvgIpc) is 2.88. The van der Waals surface area contributed by atoms with Gasteiger partial charge in [-0.05, 0) is 24.4 Å². The van der Waals surface area contributed by atoms with Crippen LogP contribution < -0.4 is 9.47 Å². The highest BCUT2D eigenvalue weighted by Gasteiger charge is 2.17. The second-order valence-electron chi connectivity index (χ2n) is 4.26. The summed E-state index contributed by atoms with van der Waals surface area (Å²) < 4.78 is 16.2. The topological polar surface area (TPSA) is 61.8 Å². The minimum absolute atomic E-state index is 0.241. The summed E-state index contributed by atoms with van der Waals surface area (Å²) in [7, 11) is 3.12. The fraction of sp³-hybridized carbons (Fsp3) is 0.333. The molecule has 0 fully saturated rings. The van der Waals surface area contributed by atoms with E-state index in [9.17, 15) is 9.59 Å². The van der Waals surface area contributed by atoms with Crippen LogP contribution in [0.4, 0.5) is 0 Å². The van der Waals surface area contributed by atoms with E-state index in [1.165, 1.54) is 11.3 Å². The number of thiophene rings is 1. The van der Waals surface area contributed by atoms with E-state index in [0.29, 0.717) is 16.4 Å². The third-order valence-electron chi connectivity index (χ3n) is 2.91. The first-order chi connectivity index (χ1) is 10.1. The van der Waals surface area contributed by atoms with Crippen LogP contribution in [0.1, 0.15) is 23.0 Å². The number of hydrogen-bond acceptors (Lipinski definition) is 6. The van der Waals surface area contributed by atoms with Gasteiger partial charge in [-0.15, -0.1) is 11.3 Å². The fourth-order valence-electron chi connectivity index (χ4n) is 1.93. The van der Waals surface area contributed by atoms with Crippen molar-refractivity contribution in [2.45, 2.75) is 13.3 Å². The third kappa shape index (κ3) is 3.33. The van der Waals surface area contributed by atoms with Crippen LogP contribution in [-0.4, -0.2) is 32.6 Å². The van der Waals surface area contributed by atoms with Crippen molar-refractivity contribution in [2.24, 2.45) is 0 Å². The largest absolute Gasteiger partial charge is 0.493 e. The van der Waals surface area contributed by atoms with Gasteiger partial charge in [0.05, 0.1) is 25.7 Å². The normalized spacial score (nSPS) is 10.4.